The van der Waals surface area contributed by atoms with Gasteiger partial charge in [0.1, 0.15) is 0 Å². The summed E-state index contributed by atoms with van der Waals surface area (Å²) in [4.78, 5) is 27.1. The average molecular weight is 264 g/mol. The molecule has 1 aliphatic heterocycles. The molecule has 1 saturated heterocycles. The van der Waals surface area contributed by atoms with Gasteiger partial charge in [-0.2, -0.15) is 5.10 Å². The van der Waals surface area contributed by atoms with E-state index in [1.807, 2.05) is 18.7 Å². The number of carbonyl (C=O) groups is 2. The minimum atomic E-state index is 0.0774. The number of aryl methyl sites for hydroxylation is 2. The first kappa shape index (κ1) is 13.6. The third-order valence-electron chi connectivity index (χ3n) is 3.69. The van der Waals surface area contributed by atoms with Crippen LogP contribution in [-0.2, 0) is 16.0 Å². The van der Waals surface area contributed by atoms with Gasteiger partial charge < -0.3 is 9.80 Å². The molecule has 1 aromatic rings. The molecule has 0 aliphatic carbocycles. The molecule has 2 heterocycles. The maximum Gasteiger partial charge on any atom is 0.227 e. The van der Waals surface area contributed by atoms with Gasteiger partial charge in [-0.15, -0.1) is 0 Å². The predicted molar refractivity (Wildman–Crippen MR) is 70.6 cm³/mol. The van der Waals surface area contributed by atoms with Crippen molar-refractivity contribution in [3.8, 4) is 0 Å². The highest BCUT2D eigenvalue weighted by molar-refractivity contribution is 5.80. The van der Waals surface area contributed by atoms with Gasteiger partial charge in [-0.3, -0.25) is 14.7 Å². The van der Waals surface area contributed by atoms with Crippen LogP contribution in [0.4, 0.5) is 0 Å². The largest absolute Gasteiger partial charge is 0.339 e. The van der Waals surface area contributed by atoms with Crippen LogP contribution in [0.15, 0.2) is 0 Å². The molecule has 2 rings (SSSR count). The SMILES string of the molecule is CC(=O)N1CCN(C(=O)Cc2c(C)n[nH]c2C)CC1. The number of amides is 2. The molecule has 0 saturated carbocycles. The number of aromatic nitrogens is 2. The third-order valence-corrected chi connectivity index (χ3v) is 3.69. The topological polar surface area (TPSA) is 69.3 Å². The van der Waals surface area contributed by atoms with E-state index in [0.29, 0.717) is 32.6 Å². The Kier molecular flexibility index (Phi) is 3.87. The number of nitrogens with one attached hydrogen (secondary N) is 1. The number of carbonyl (C=O) groups excluding carboxylic acids is 2. The fourth-order valence-electron chi connectivity index (χ4n) is 2.37. The van der Waals surface area contributed by atoms with E-state index in [0.717, 1.165) is 17.0 Å². The summed E-state index contributed by atoms with van der Waals surface area (Å²) in [6.07, 6.45) is 0.383. The Morgan fingerprint density at radius 3 is 2.21 bits per heavy atom. The third kappa shape index (κ3) is 2.94. The fourth-order valence-corrected chi connectivity index (χ4v) is 2.37. The summed E-state index contributed by atoms with van der Waals surface area (Å²) in [6, 6.07) is 0. The van der Waals surface area contributed by atoms with E-state index in [4.69, 9.17) is 0 Å². The van der Waals surface area contributed by atoms with Gasteiger partial charge in [0.2, 0.25) is 11.8 Å². The van der Waals surface area contributed by atoms with E-state index in [1.54, 1.807) is 11.8 Å². The molecule has 0 bridgehead atoms. The highest BCUT2D eigenvalue weighted by Crippen LogP contribution is 2.12. The molecule has 2 amide bonds. The second-order valence-corrected chi connectivity index (χ2v) is 4.98. The van der Waals surface area contributed by atoms with Gasteiger partial charge in [0, 0.05) is 44.4 Å². The Morgan fingerprint density at radius 2 is 1.74 bits per heavy atom. The van der Waals surface area contributed by atoms with Crippen LogP contribution in [0.1, 0.15) is 23.9 Å². The smallest absolute Gasteiger partial charge is 0.227 e. The van der Waals surface area contributed by atoms with Crippen molar-refractivity contribution in [2.24, 2.45) is 0 Å². The summed E-state index contributed by atoms with van der Waals surface area (Å²) in [6.45, 7) is 7.89. The van der Waals surface area contributed by atoms with Crippen LogP contribution in [0.5, 0.6) is 0 Å². The van der Waals surface area contributed by atoms with Crippen LogP contribution in [0, 0.1) is 13.8 Å². The molecule has 1 aromatic heterocycles. The Balaban J connectivity index is 1.93. The molecule has 0 radical (unpaired) electrons. The number of piperazine rings is 1. The first-order chi connectivity index (χ1) is 8.99. The lowest BCUT2D eigenvalue weighted by molar-refractivity contribution is -0.138. The van der Waals surface area contributed by atoms with Crippen molar-refractivity contribution in [2.45, 2.75) is 27.2 Å². The molecule has 104 valence electrons. The lowest BCUT2D eigenvalue weighted by Crippen LogP contribution is -2.50. The molecule has 0 spiro atoms. The van der Waals surface area contributed by atoms with E-state index in [-0.39, 0.29) is 11.8 Å². The summed E-state index contributed by atoms with van der Waals surface area (Å²) in [5, 5.41) is 6.99. The first-order valence-electron chi connectivity index (χ1n) is 6.52. The van der Waals surface area contributed by atoms with Crippen LogP contribution in [0.25, 0.3) is 0 Å². The van der Waals surface area contributed by atoms with Crippen molar-refractivity contribution in [2.75, 3.05) is 26.2 Å². The Bertz CT molecular complexity index is 467. The second kappa shape index (κ2) is 5.42. The van der Waals surface area contributed by atoms with Gasteiger partial charge in [-0.05, 0) is 13.8 Å². The van der Waals surface area contributed by atoms with E-state index in [2.05, 4.69) is 10.2 Å². The number of hydrogen-bond donors (Lipinski definition) is 1. The van der Waals surface area contributed by atoms with Crippen molar-refractivity contribution in [1.82, 2.24) is 20.0 Å². The molecular formula is C13H20N4O2. The minimum Gasteiger partial charge on any atom is -0.339 e. The Labute approximate surface area is 112 Å². The molecule has 1 N–H and O–H groups in total. The quantitative estimate of drug-likeness (QED) is 0.833. The summed E-state index contributed by atoms with van der Waals surface area (Å²) in [5.41, 5.74) is 2.82. The molecule has 1 aliphatic rings. The van der Waals surface area contributed by atoms with Gasteiger partial charge in [-0.1, -0.05) is 0 Å². The summed E-state index contributed by atoms with van der Waals surface area (Å²) < 4.78 is 0. The lowest BCUT2D eigenvalue weighted by atomic mass is 10.1. The number of rotatable bonds is 2. The van der Waals surface area contributed by atoms with Crippen molar-refractivity contribution < 1.29 is 9.59 Å². The first-order valence-corrected chi connectivity index (χ1v) is 6.52. The number of nitrogens with zero attached hydrogens (tertiary/aromatic N) is 3. The van der Waals surface area contributed by atoms with Crippen LogP contribution >= 0.6 is 0 Å². The maximum absolute atomic E-state index is 12.2. The van der Waals surface area contributed by atoms with Crippen molar-refractivity contribution >= 4 is 11.8 Å². The predicted octanol–water partition coefficient (Wildman–Crippen LogP) is 0.260. The van der Waals surface area contributed by atoms with E-state index in [9.17, 15) is 9.59 Å². The molecule has 6 heteroatoms. The lowest BCUT2D eigenvalue weighted by Gasteiger charge is -2.34. The molecule has 6 nitrogen and oxygen atoms in total. The van der Waals surface area contributed by atoms with E-state index < -0.39 is 0 Å². The number of H-pyrrole nitrogens is 1. The van der Waals surface area contributed by atoms with Crippen molar-refractivity contribution in [3.63, 3.8) is 0 Å². The van der Waals surface area contributed by atoms with Crippen LogP contribution in [-0.4, -0.2) is 58.0 Å². The summed E-state index contributed by atoms with van der Waals surface area (Å²) >= 11 is 0. The van der Waals surface area contributed by atoms with Crippen LogP contribution in [0.3, 0.4) is 0 Å². The highest BCUT2D eigenvalue weighted by atomic mass is 16.2. The van der Waals surface area contributed by atoms with Crippen LogP contribution < -0.4 is 0 Å². The van der Waals surface area contributed by atoms with Crippen molar-refractivity contribution in [3.05, 3.63) is 17.0 Å². The summed E-state index contributed by atoms with van der Waals surface area (Å²) in [7, 11) is 0. The van der Waals surface area contributed by atoms with Gasteiger partial charge in [0.15, 0.2) is 0 Å². The number of hydrogen-bond acceptors (Lipinski definition) is 3. The second-order valence-electron chi connectivity index (χ2n) is 4.98. The van der Waals surface area contributed by atoms with Gasteiger partial charge >= 0.3 is 0 Å². The molecule has 0 unspecified atom stereocenters. The highest BCUT2D eigenvalue weighted by Gasteiger charge is 2.23. The van der Waals surface area contributed by atoms with Crippen LogP contribution in [0.2, 0.25) is 0 Å². The van der Waals surface area contributed by atoms with Gasteiger partial charge in [0.05, 0.1) is 12.1 Å². The van der Waals surface area contributed by atoms with Gasteiger partial charge in [0.25, 0.3) is 0 Å². The zero-order valence-corrected chi connectivity index (χ0v) is 11.7. The molecular weight excluding hydrogens is 244 g/mol. The number of aromatic amines is 1. The Morgan fingerprint density at radius 1 is 1.16 bits per heavy atom. The maximum atomic E-state index is 12.2. The Hall–Kier alpha value is -1.85. The molecule has 0 atom stereocenters. The normalized spacial score (nSPS) is 15.7. The fraction of sp³-hybridized carbons (Fsp3) is 0.615. The van der Waals surface area contributed by atoms with Gasteiger partial charge in [-0.25, -0.2) is 0 Å². The average Bonchev–Trinajstić information content (AvgIpc) is 2.70. The zero-order chi connectivity index (χ0) is 14.0. The molecule has 19 heavy (non-hydrogen) atoms. The zero-order valence-electron chi connectivity index (χ0n) is 11.7. The molecule has 0 aromatic carbocycles. The van der Waals surface area contributed by atoms with E-state index >= 15 is 0 Å². The summed E-state index contributed by atoms with van der Waals surface area (Å²) in [5.74, 6) is 0.185. The minimum absolute atomic E-state index is 0.0774. The monoisotopic (exact) mass is 264 g/mol. The van der Waals surface area contributed by atoms with Crippen molar-refractivity contribution in [1.29, 1.82) is 0 Å². The standard InChI is InChI=1S/C13H20N4O2/c1-9-12(10(2)15-14-9)8-13(19)17-6-4-16(5-7-17)11(3)18/h4-8H2,1-3H3,(H,14,15). The molecule has 1 fully saturated rings. The van der Waals surface area contributed by atoms with E-state index in [1.165, 1.54) is 0 Å².